The number of rotatable bonds is 2. The van der Waals surface area contributed by atoms with Crippen LogP contribution in [0.4, 0.5) is 13.2 Å². The number of benzene rings is 2. The largest absolute Gasteiger partial charge is 0.534 e. The Hall–Kier alpha value is -2.95. The third kappa shape index (κ3) is 2.71. The lowest BCUT2D eigenvalue weighted by atomic mass is 10.1. The van der Waals surface area contributed by atoms with Crippen molar-refractivity contribution in [3.63, 3.8) is 0 Å². The Labute approximate surface area is 136 Å². The van der Waals surface area contributed by atoms with Crippen LogP contribution in [0, 0.1) is 0 Å². The highest BCUT2D eigenvalue weighted by molar-refractivity contribution is 7.88. The first kappa shape index (κ1) is 16.9. The van der Waals surface area contributed by atoms with Crippen molar-refractivity contribution in [2.75, 3.05) is 0 Å². The van der Waals surface area contributed by atoms with Crippen molar-refractivity contribution in [2.45, 2.75) is 5.51 Å². The van der Waals surface area contributed by atoms with Gasteiger partial charge in [-0.05, 0) is 12.1 Å². The lowest BCUT2D eigenvalue weighted by Gasteiger charge is -2.11. The molecule has 3 rings (SSSR count). The van der Waals surface area contributed by atoms with Crippen LogP contribution in [0.3, 0.4) is 0 Å². The fourth-order valence-corrected chi connectivity index (χ4v) is 2.63. The van der Waals surface area contributed by atoms with Gasteiger partial charge in [0.25, 0.3) is 0 Å². The number of fused-ring (bicyclic) bond motifs is 2. The van der Waals surface area contributed by atoms with Gasteiger partial charge in [0.2, 0.25) is 5.43 Å². The van der Waals surface area contributed by atoms with Crippen molar-refractivity contribution >= 4 is 32.1 Å². The second-order valence-electron chi connectivity index (χ2n) is 4.88. The maximum absolute atomic E-state index is 12.4. The van der Waals surface area contributed by atoms with Gasteiger partial charge in [0.15, 0.2) is 0 Å². The Morgan fingerprint density at radius 1 is 1.00 bits per heavy atom. The molecule has 0 aliphatic rings. The van der Waals surface area contributed by atoms with Gasteiger partial charge < -0.3 is 18.8 Å². The van der Waals surface area contributed by atoms with E-state index in [0.717, 1.165) is 0 Å². The molecule has 0 atom stereocenters. The summed E-state index contributed by atoms with van der Waals surface area (Å²) < 4.78 is 68.4. The summed E-state index contributed by atoms with van der Waals surface area (Å²) in [7, 11) is -5.97. The fraction of sp³-hybridized carbons (Fsp3) is 0.0714. The van der Waals surface area contributed by atoms with Crippen LogP contribution in [0.5, 0.6) is 17.2 Å². The molecule has 3 aromatic rings. The van der Waals surface area contributed by atoms with Gasteiger partial charge in [-0.3, -0.25) is 4.79 Å². The van der Waals surface area contributed by atoms with E-state index in [2.05, 4.69) is 4.18 Å². The zero-order valence-corrected chi connectivity index (χ0v) is 12.7. The Kier molecular flexibility index (Phi) is 3.56. The standard InChI is InChI=1S/C14H7F3O7S/c15-14(16,17)25(21,22)24-6-4-8(19)12-10(5-6)23-9-3-1-2-7(18)11(9)13(12)20/h1-5,18-19H. The van der Waals surface area contributed by atoms with Crippen LogP contribution in [0.2, 0.25) is 0 Å². The maximum Gasteiger partial charge on any atom is 0.534 e. The Morgan fingerprint density at radius 3 is 2.28 bits per heavy atom. The first-order valence-electron chi connectivity index (χ1n) is 6.43. The summed E-state index contributed by atoms with van der Waals surface area (Å²) in [6.07, 6.45) is 0. The average molecular weight is 376 g/mol. The molecule has 0 fully saturated rings. The molecule has 0 radical (unpaired) electrons. The number of hydrogen-bond acceptors (Lipinski definition) is 7. The third-order valence-corrected chi connectivity index (χ3v) is 4.20. The van der Waals surface area contributed by atoms with Crippen LogP contribution < -0.4 is 9.61 Å². The van der Waals surface area contributed by atoms with E-state index >= 15 is 0 Å². The molecule has 25 heavy (non-hydrogen) atoms. The molecule has 0 aliphatic heterocycles. The van der Waals surface area contributed by atoms with Gasteiger partial charge in [-0.15, -0.1) is 0 Å². The molecule has 0 bridgehead atoms. The minimum Gasteiger partial charge on any atom is -0.507 e. The van der Waals surface area contributed by atoms with E-state index in [1.807, 2.05) is 0 Å². The zero-order valence-electron chi connectivity index (χ0n) is 11.9. The van der Waals surface area contributed by atoms with E-state index in [0.29, 0.717) is 12.1 Å². The molecule has 2 aromatic carbocycles. The molecule has 1 aromatic heterocycles. The van der Waals surface area contributed by atoms with E-state index in [1.54, 1.807) is 0 Å². The van der Waals surface area contributed by atoms with Crippen molar-refractivity contribution in [3.8, 4) is 17.2 Å². The van der Waals surface area contributed by atoms with E-state index in [4.69, 9.17) is 4.42 Å². The molecule has 1 heterocycles. The highest BCUT2D eigenvalue weighted by Gasteiger charge is 2.48. The normalized spacial score (nSPS) is 12.6. The monoisotopic (exact) mass is 376 g/mol. The van der Waals surface area contributed by atoms with Crippen molar-refractivity contribution in [3.05, 3.63) is 40.6 Å². The second kappa shape index (κ2) is 5.28. The topological polar surface area (TPSA) is 114 Å². The molecule has 0 amide bonds. The summed E-state index contributed by atoms with van der Waals surface area (Å²) in [4.78, 5) is 12.4. The van der Waals surface area contributed by atoms with Gasteiger partial charge in [0.05, 0.1) is 0 Å². The zero-order chi connectivity index (χ0) is 18.6. The van der Waals surface area contributed by atoms with Gasteiger partial charge in [-0.25, -0.2) is 0 Å². The fourth-order valence-electron chi connectivity index (χ4n) is 2.18. The predicted octanol–water partition coefficient (Wildman–Crippen LogP) is 2.59. The smallest absolute Gasteiger partial charge is 0.507 e. The van der Waals surface area contributed by atoms with Gasteiger partial charge in [-0.1, -0.05) is 6.07 Å². The van der Waals surface area contributed by atoms with E-state index < -0.39 is 49.3 Å². The van der Waals surface area contributed by atoms with Crippen molar-refractivity contribution in [1.82, 2.24) is 0 Å². The quantitative estimate of drug-likeness (QED) is 0.401. The van der Waals surface area contributed by atoms with E-state index in [-0.39, 0.29) is 11.0 Å². The summed E-state index contributed by atoms with van der Waals surface area (Å²) in [5, 5.41) is 18.9. The highest BCUT2D eigenvalue weighted by atomic mass is 32.2. The Morgan fingerprint density at radius 2 is 1.64 bits per heavy atom. The summed E-state index contributed by atoms with van der Waals surface area (Å²) in [5.74, 6) is -2.19. The first-order valence-corrected chi connectivity index (χ1v) is 7.84. The molecule has 2 N–H and O–H groups in total. The van der Waals surface area contributed by atoms with Gasteiger partial charge in [0.1, 0.15) is 39.2 Å². The number of phenolic OH excluding ortho intramolecular Hbond substituents is 2. The molecule has 11 heteroatoms. The molecule has 0 saturated carbocycles. The number of halogens is 3. The van der Waals surface area contributed by atoms with Crippen LogP contribution in [0.25, 0.3) is 21.9 Å². The summed E-state index contributed by atoms with van der Waals surface area (Å²) in [6, 6.07) is 5.08. The van der Waals surface area contributed by atoms with E-state index in [1.165, 1.54) is 18.2 Å². The molecule has 0 spiro atoms. The Bertz CT molecular complexity index is 1160. The number of hydrogen-bond donors (Lipinski definition) is 2. The van der Waals surface area contributed by atoms with Crippen molar-refractivity contribution in [2.24, 2.45) is 0 Å². The van der Waals surface area contributed by atoms with Crippen LogP contribution in [-0.2, 0) is 10.1 Å². The lowest BCUT2D eigenvalue weighted by molar-refractivity contribution is -0.0500. The predicted molar refractivity (Wildman–Crippen MR) is 78.9 cm³/mol. The van der Waals surface area contributed by atoms with Gasteiger partial charge in [-0.2, -0.15) is 21.6 Å². The van der Waals surface area contributed by atoms with Crippen molar-refractivity contribution < 1.29 is 40.4 Å². The second-order valence-corrected chi connectivity index (χ2v) is 6.42. The number of phenols is 2. The molecule has 7 nitrogen and oxygen atoms in total. The molecular formula is C14H7F3O7S. The van der Waals surface area contributed by atoms with Crippen LogP contribution in [-0.4, -0.2) is 24.1 Å². The summed E-state index contributed by atoms with van der Waals surface area (Å²) >= 11 is 0. The minimum atomic E-state index is -5.97. The number of aromatic hydroxyl groups is 2. The summed E-state index contributed by atoms with van der Waals surface area (Å²) in [5.41, 5.74) is -7.06. The molecule has 0 saturated heterocycles. The lowest BCUT2D eigenvalue weighted by Crippen LogP contribution is -2.28. The molecular weight excluding hydrogens is 369 g/mol. The Balaban J connectivity index is 2.28. The summed E-state index contributed by atoms with van der Waals surface area (Å²) in [6.45, 7) is 0. The van der Waals surface area contributed by atoms with Crippen LogP contribution in [0.15, 0.2) is 39.5 Å². The third-order valence-electron chi connectivity index (χ3n) is 3.22. The van der Waals surface area contributed by atoms with Gasteiger partial charge >= 0.3 is 15.6 Å². The van der Waals surface area contributed by atoms with E-state index in [9.17, 15) is 36.6 Å². The molecule has 0 aliphatic carbocycles. The maximum atomic E-state index is 12.4. The highest BCUT2D eigenvalue weighted by Crippen LogP contribution is 2.34. The molecule has 132 valence electrons. The van der Waals surface area contributed by atoms with Crippen molar-refractivity contribution in [1.29, 1.82) is 0 Å². The average Bonchev–Trinajstić information content (AvgIpc) is 2.44. The van der Waals surface area contributed by atoms with Gasteiger partial charge in [0, 0.05) is 12.1 Å². The SMILES string of the molecule is O=c1c2c(O)cccc2oc2cc(OS(=O)(=O)C(F)(F)F)cc(O)c12. The first-order chi connectivity index (χ1) is 11.5. The minimum absolute atomic E-state index is 0.118. The van der Waals surface area contributed by atoms with Crippen LogP contribution >= 0.6 is 0 Å². The van der Waals surface area contributed by atoms with Crippen LogP contribution in [0.1, 0.15) is 0 Å². The number of alkyl halides is 3. The molecule has 0 unspecified atom stereocenters.